The minimum absolute atomic E-state index is 0. The largest absolute Gasteiger partial charge is 0.665 e. The van der Waals surface area contributed by atoms with Crippen LogP contribution in [0.15, 0.2) is 72.8 Å². The Hall–Kier alpha value is -6.72. The van der Waals surface area contributed by atoms with Gasteiger partial charge in [-0.3, -0.25) is 0 Å². The van der Waals surface area contributed by atoms with Crippen LogP contribution in [0.4, 0.5) is 0 Å². The molecule has 0 radical (unpaired) electrons. The third-order valence-electron chi connectivity index (χ3n) is 3.12. The molecule has 0 unspecified atom stereocenters. The Morgan fingerprint density at radius 1 is 0.350 bits per heavy atom. The van der Waals surface area contributed by atoms with Crippen LogP contribution in [-0.2, 0) is 0 Å². The third-order valence-corrected chi connectivity index (χ3v) is 3.62. The number of aliphatic hydroxyl groups excluding tert-OH is 4. The van der Waals surface area contributed by atoms with Gasteiger partial charge in [0.05, 0.1) is 23.0 Å². The van der Waals surface area contributed by atoms with Crippen molar-refractivity contribution in [3.05, 3.63) is 140 Å². The Bertz CT molecular complexity index is 689. The Labute approximate surface area is 225 Å². The van der Waals surface area contributed by atoms with Crippen LogP contribution in [0.3, 0.4) is 0 Å². The first-order chi connectivity index (χ1) is 17.5. The van der Waals surface area contributed by atoms with E-state index in [-0.39, 0.29) is 0 Å². The van der Waals surface area contributed by atoms with Crippen LogP contribution in [0.1, 0.15) is 0 Å². The zero-order valence-electron chi connectivity index (χ0n) is 22.6. The molecule has 0 atom stereocenters. The van der Waals surface area contributed by atoms with Gasteiger partial charge in [-0.1, -0.05) is 23.2 Å². The summed E-state index contributed by atoms with van der Waals surface area (Å²) in [7, 11) is 22.0. The number of hydrogen-bond donors (Lipinski definition) is 4. The normalized spacial score (nSPS) is 6.95. The summed E-state index contributed by atoms with van der Waals surface area (Å²) < 4.78 is 18.8. The molecule has 0 spiro atoms. The number of halogens is 2. The first-order valence-electron chi connectivity index (χ1n) is 9.08. The van der Waals surface area contributed by atoms with Crippen molar-refractivity contribution in [3.63, 3.8) is 0 Å². The molecule has 0 saturated heterocycles. The van der Waals surface area contributed by atoms with Crippen molar-refractivity contribution in [2.75, 3.05) is 0 Å². The standard InChI is InChI=1S/2C8H8O2.C6H4Cl2.4CH3O.4Rf/c2*1-9-7-3-5-8(10-2)6-4-7;7-5-1-2-6(8)4-3-5;4*1-2;;;;/h2*3-6H,1-2H2;1-4H;4*2H,1H2;;;;/q2*-2;;4*-1;;;;. The van der Waals surface area contributed by atoms with Crippen LogP contribution in [0.5, 0.6) is 23.0 Å². The summed E-state index contributed by atoms with van der Waals surface area (Å²) in [5, 5.41) is 28.4. The molecule has 0 aliphatic heterocycles. The van der Waals surface area contributed by atoms with Crippen molar-refractivity contribution < 1.29 is 39.4 Å². The topological polar surface area (TPSA) is 118 Å². The van der Waals surface area contributed by atoms with Gasteiger partial charge in [0.15, 0.2) is 0 Å². The summed E-state index contributed by atoms with van der Waals surface area (Å²) in [6, 6.07) is 21.1. The maximum absolute atomic E-state index is 6.75. The zero-order valence-corrected chi connectivity index (χ0v) is 49.7. The first kappa shape index (κ1) is 54.3. The number of aliphatic hydroxyl groups is 4. The monoisotopic (exact) mass is 1610 g/mol. The number of benzene rings is 3. The Morgan fingerprint density at radius 3 is 0.575 bits per heavy atom. The molecule has 0 bridgehead atoms. The van der Waals surface area contributed by atoms with Crippen molar-refractivity contribution in [2.24, 2.45) is 0 Å². The van der Waals surface area contributed by atoms with Crippen LogP contribution in [0.25, 0.3) is 0 Å². The van der Waals surface area contributed by atoms with E-state index < -0.39 is 0 Å². The summed E-state index contributed by atoms with van der Waals surface area (Å²) in [6.07, 6.45) is 0. The van der Waals surface area contributed by atoms with Gasteiger partial charge >= 0.3 is 0 Å². The van der Waals surface area contributed by atoms with E-state index >= 15 is 0 Å². The van der Waals surface area contributed by atoms with Crippen LogP contribution >= 0.6 is 23.2 Å². The van der Waals surface area contributed by atoms with Crippen molar-refractivity contribution in [1.29, 1.82) is 0 Å². The van der Waals surface area contributed by atoms with Gasteiger partial charge in [0, 0.05) is 10.0 Å². The van der Waals surface area contributed by atoms with E-state index in [1.807, 2.05) is 0 Å². The molecule has 40 heavy (non-hydrogen) atoms. The van der Waals surface area contributed by atoms with Crippen molar-refractivity contribution >= 4 is 23.2 Å². The summed E-state index contributed by atoms with van der Waals surface area (Å²) in [5.74, 6) is 2.84. The summed E-state index contributed by atoms with van der Waals surface area (Å²) in [4.78, 5) is 0. The molecule has 0 saturated carbocycles. The minimum atomic E-state index is 0. The fourth-order valence-corrected chi connectivity index (χ4v) is 1.95. The van der Waals surface area contributed by atoms with Crippen molar-refractivity contribution in [3.8, 4) is 23.0 Å². The molecule has 3 aromatic rings. The molecule has 8 nitrogen and oxygen atoms in total. The van der Waals surface area contributed by atoms with E-state index in [1.165, 1.54) is 0 Å². The molecule has 0 aliphatic rings. The SMILES string of the molecule is Clc1ccc(Cl)cc1.[CH2-]O.[CH2-]O.[CH2-]O.[CH2-]O.[CH2-]Oc1ccc(O[CH2-])cc1.[CH2-]Oc1ccc(O[CH2-])cc1.[Rf].[Rf].[Rf].[Rf]. The van der Waals surface area contributed by atoms with E-state index in [0.717, 1.165) is 10.0 Å². The van der Waals surface area contributed by atoms with Gasteiger partial charge in [-0.15, -0.1) is 0 Å². The third kappa shape index (κ3) is 29.3. The van der Waals surface area contributed by atoms with Gasteiger partial charge in [0.25, 0.3) is 0 Å². The fourth-order valence-electron chi connectivity index (χ4n) is 1.69. The van der Waals surface area contributed by atoms with Crippen molar-refractivity contribution in [2.45, 2.75) is 0 Å². The summed E-state index contributed by atoms with van der Waals surface area (Å²) in [5.41, 5.74) is 0. The van der Waals surface area contributed by atoms with Gasteiger partial charge in [-0.2, -0.15) is 28.4 Å². The van der Waals surface area contributed by atoms with Gasteiger partial charge in [0.1, 0.15) is 0 Å². The summed E-state index contributed by atoms with van der Waals surface area (Å²) in [6.45, 7) is 0. The maximum atomic E-state index is 6.75. The van der Waals surface area contributed by atoms with E-state index in [4.69, 9.17) is 43.6 Å². The molecule has 0 aliphatic carbocycles. The van der Waals surface area contributed by atoms with Gasteiger partial charge in [-0.25, -0.2) is 28.4 Å². The quantitative estimate of drug-likeness (QED) is 0.197. The molecule has 4 N–H and O–H groups in total. The second-order valence-electron chi connectivity index (χ2n) is 4.96. The minimum Gasteiger partial charge on any atom is -0.665 e. The van der Waals surface area contributed by atoms with Crippen LogP contribution in [-0.4, -0.2) is 20.4 Å². The van der Waals surface area contributed by atoms with E-state index in [9.17, 15) is 0 Å². The first-order valence-corrected chi connectivity index (χ1v) is 9.83. The maximum Gasteiger partial charge on any atom is 0.0845 e. The zero-order chi connectivity index (χ0) is 28.8. The van der Waals surface area contributed by atoms with E-state index in [2.05, 4.69) is 75.8 Å². The summed E-state index contributed by atoms with van der Waals surface area (Å²) >= 11 is 11.1. The molecule has 214 valence electrons. The fraction of sp³-hybridized carbons (Fsp3) is 0. The van der Waals surface area contributed by atoms with Gasteiger partial charge < -0.3 is 39.4 Å². The number of hydrogen-bond acceptors (Lipinski definition) is 8. The average Bonchev–Trinajstić information content (AvgIpc) is 2.99. The van der Waals surface area contributed by atoms with Gasteiger partial charge in [0.2, 0.25) is 0 Å². The molecular formula is C26H32Cl2O8Rf4-8. The predicted molar refractivity (Wildman–Crippen MR) is 142 cm³/mol. The second kappa shape index (κ2) is 42.4. The molecule has 0 heterocycles. The molecule has 14 heteroatoms. The molecule has 3 aromatic carbocycles. The molecule has 3 rings (SSSR count). The average molecular weight is 1610 g/mol. The number of ether oxygens (including phenoxy) is 4. The van der Waals surface area contributed by atoms with E-state index in [0.29, 0.717) is 23.0 Å². The molecule has 0 aromatic heterocycles. The van der Waals surface area contributed by atoms with E-state index in [1.54, 1.807) is 72.8 Å². The predicted octanol–water partition coefficient (Wildman–Crippen LogP) is 7.65. The molecule has 0 amide bonds. The molecular weight excluding hydrogens is 1580 g/mol. The smallest absolute Gasteiger partial charge is 0.0845 e. The molecule has 0 fully saturated rings. The Kier molecular flexibility index (Phi) is 57.6. The van der Waals surface area contributed by atoms with Crippen LogP contribution < -0.4 is 18.9 Å². The number of rotatable bonds is 4. The second-order valence-corrected chi connectivity index (χ2v) is 5.83. The van der Waals surface area contributed by atoms with Crippen LogP contribution in [0, 0.1) is 56.9 Å². The Morgan fingerprint density at radius 2 is 0.475 bits per heavy atom. The van der Waals surface area contributed by atoms with Crippen molar-refractivity contribution in [1.82, 2.24) is 0 Å². The Balaban J connectivity index is -0.0000000545. The van der Waals surface area contributed by atoms with Gasteiger partial charge in [-0.05, 0) is 72.8 Å². The van der Waals surface area contributed by atoms with Crippen LogP contribution in [0.2, 0.25) is 10.0 Å².